The van der Waals surface area contributed by atoms with Gasteiger partial charge in [0.2, 0.25) is 5.91 Å². The Morgan fingerprint density at radius 1 is 1.02 bits per heavy atom. The summed E-state index contributed by atoms with van der Waals surface area (Å²) in [4.78, 5) is 39.1. The van der Waals surface area contributed by atoms with E-state index in [2.05, 4.69) is 45.4 Å². The van der Waals surface area contributed by atoms with Crippen molar-refractivity contribution >= 4 is 52.3 Å². The number of nitrogens with two attached hydrogens (primary N) is 1. The van der Waals surface area contributed by atoms with E-state index in [0.29, 0.717) is 25.5 Å². The number of anilines is 1. The summed E-state index contributed by atoms with van der Waals surface area (Å²) in [5.41, 5.74) is 11.0. The quantitative estimate of drug-likeness (QED) is 0.144. The lowest BCUT2D eigenvalue weighted by Crippen LogP contribution is -2.48. The first-order valence-corrected chi connectivity index (χ1v) is 17.0. The van der Waals surface area contributed by atoms with E-state index in [0.717, 1.165) is 103 Å². The van der Waals surface area contributed by atoms with E-state index in [4.69, 9.17) is 15.5 Å². The van der Waals surface area contributed by atoms with E-state index in [1.165, 1.54) is 7.11 Å². The van der Waals surface area contributed by atoms with Gasteiger partial charge in [0.25, 0.3) is 0 Å². The zero-order valence-corrected chi connectivity index (χ0v) is 28.4. The molecule has 0 radical (unpaired) electrons. The second kappa shape index (κ2) is 17.9. The van der Waals surface area contributed by atoms with Crippen molar-refractivity contribution in [1.82, 2.24) is 29.7 Å². The molecule has 2 aromatic heterocycles. The Morgan fingerprint density at radius 3 is 2.41 bits per heavy atom. The average Bonchev–Trinajstić information content (AvgIpc) is 3.44. The largest absolute Gasteiger partial charge is 0.469 e. The molecule has 0 aliphatic carbocycles. The average molecular weight is 648 g/mol. The first kappa shape index (κ1) is 35.2. The lowest BCUT2D eigenvalue weighted by atomic mass is 10.1. The maximum absolute atomic E-state index is 13.7. The van der Waals surface area contributed by atoms with Crippen LogP contribution in [-0.4, -0.2) is 88.3 Å². The molecule has 3 N–H and O–H groups in total. The minimum absolute atomic E-state index is 0.126. The van der Waals surface area contributed by atoms with Crippen molar-refractivity contribution in [2.24, 2.45) is 0 Å². The number of methoxy groups -OCH3 is 1. The van der Waals surface area contributed by atoms with Gasteiger partial charge in [-0.15, -0.1) is 0 Å². The number of thiol groups is 1. The van der Waals surface area contributed by atoms with Crippen LogP contribution in [0.15, 0.2) is 48.5 Å². The van der Waals surface area contributed by atoms with Crippen LogP contribution in [0.25, 0.3) is 21.9 Å². The van der Waals surface area contributed by atoms with E-state index in [9.17, 15) is 9.59 Å². The smallest absolute Gasteiger partial charge is 0.309 e. The Hall–Kier alpha value is -3.67. The molecule has 2 aromatic carbocycles. The third kappa shape index (κ3) is 9.43. The molecule has 0 atom stereocenters. The molecule has 1 aliphatic rings. The Bertz CT molecular complexity index is 1570. The van der Waals surface area contributed by atoms with Gasteiger partial charge in [-0.3, -0.25) is 14.5 Å². The zero-order chi connectivity index (χ0) is 32.9. The highest BCUT2D eigenvalue weighted by Crippen LogP contribution is 2.29. The number of benzene rings is 2. The topological polar surface area (TPSA) is 119 Å². The molecule has 1 fully saturated rings. The van der Waals surface area contributed by atoms with E-state index in [1.54, 1.807) is 0 Å². The first-order valence-electron chi connectivity index (χ1n) is 16.4. The van der Waals surface area contributed by atoms with Crippen LogP contribution in [0, 0.1) is 0 Å². The van der Waals surface area contributed by atoms with Gasteiger partial charge in [0, 0.05) is 57.6 Å². The van der Waals surface area contributed by atoms with Gasteiger partial charge in [-0.25, -0.2) is 9.97 Å². The summed E-state index contributed by atoms with van der Waals surface area (Å²) >= 11 is 3.79. The molecule has 11 heteroatoms. The number of carbonyl (C=O) groups excluding carboxylic acids is 2. The fourth-order valence-corrected chi connectivity index (χ4v) is 5.77. The highest BCUT2D eigenvalue weighted by molar-refractivity contribution is 7.80. The molecule has 0 saturated carbocycles. The summed E-state index contributed by atoms with van der Waals surface area (Å²) in [6.07, 6.45) is 3.98. The fraction of sp³-hybridized carbons (Fsp3) is 0.486. The SMILES string of the molecule is CCCCc1nc2c(N)nc3ccccc3c2n1CCCN(Cc1ccc(CC(=O)OC)cc1)C(=O)CN1CCNCC1.CCS. The molecule has 46 heavy (non-hydrogen) atoms. The van der Waals surface area contributed by atoms with Crippen LogP contribution in [0.4, 0.5) is 5.82 Å². The second-order valence-corrected chi connectivity index (χ2v) is 12.2. The molecular weight excluding hydrogens is 598 g/mol. The predicted octanol–water partition coefficient (Wildman–Crippen LogP) is 4.49. The summed E-state index contributed by atoms with van der Waals surface area (Å²) in [6.45, 7) is 9.95. The lowest BCUT2D eigenvalue weighted by Gasteiger charge is -2.30. The second-order valence-electron chi connectivity index (χ2n) is 11.6. The van der Waals surface area contributed by atoms with E-state index >= 15 is 0 Å². The maximum Gasteiger partial charge on any atom is 0.309 e. The molecule has 0 spiro atoms. The summed E-state index contributed by atoms with van der Waals surface area (Å²) in [7, 11) is 1.40. The number of amides is 1. The highest BCUT2D eigenvalue weighted by Gasteiger charge is 2.21. The van der Waals surface area contributed by atoms with Crippen molar-refractivity contribution in [3.8, 4) is 0 Å². The number of nitrogen functional groups attached to an aromatic ring is 1. The number of piperazine rings is 1. The third-order valence-electron chi connectivity index (χ3n) is 8.15. The Balaban J connectivity index is 0.00000154. The summed E-state index contributed by atoms with van der Waals surface area (Å²) in [6, 6.07) is 15.9. The number of aromatic nitrogens is 3. The molecule has 4 aromatic rings. The standard InChI is InChI=1S/C33H43N7O3.C2H6S/c1-3-4-10-28-37-31-32(26-8-5-6-9-27(26)36-33(31)34)40(28)18-7-17-39(29(41)23-38-19-15-35-16-20-38)22-25-13-11-24(12-14-25)21-30(42)43-2;1-2-3/h5-6,8-9,11-14,35H,3-4,7,10,15-23H2,1-2H3,(H2,34,36);3H,2H2,1H3. The molecule has 0 unspecified atom stereocenters. The Kier molecular flexibility index (Phi) is 13.7. The summed E-state index contributed by atoms with van der Waals surface area (Å²) in [5, 5.41) is 4.40. The Labute approximate surface area is 278 Å². The van der Waals surface area contributed by atoms with Crippen LogP contribution in [-0.2, 0) is 40.3 Å². The first-order chi connectivity index (χ1) is 22.4. The van der Waals surface area contributed by atoms with Gasteiger partial charge >= 0.3 is 5.97 Å². The Morgan fingerprint density at radius 2 is 1.72 bits per heavy atom. The number of carbonyl (C=O) groups is 2. The minimum Gasteiger partial charge on any atom is -0.469 e. The van der Waals surface area contributed by atoms with Crippen molar-refractivity contribution in [1.29, 1.82) is 0 Å². The van der Waals surface area contributed by atoms with Gasteiger partial charge in [0.1, 0.15) is 11.3 Å². The van der Waals surface area contributed by atoms with Crippen molar-refractivity contribution in [3.05, 3.63) is 65.5 Å². The van der Waals surface area contributed by atoms with Gasteiger partial charge in [-0.05, 0) is 35.8 Å². The van der Waals surface area contributed by atoms with E-state index < -0.39 is 0 Å². The maximum atomic E-state index is 13.7. The number of nitrogens with one attached hydrogen (secondary N) is 1. The number of imidazole rings is 1. The number of fused-ring (bicyclic) bond motifs is 3. The van der Waals surface area contributed by atoms with Crippen molar-refractivity contribution < 1.29 is 14.3 Å². The number of esters is 1. The van der Waals surface area contributed by atoms with Gasteiger partial charge in [0.15, 0.2) is 5.82 Å². The molecule has 5 rings (SSSR count). The highest BCUT2D eigenvalue weighted by atomic mass is 32.1. The molecule has 1 amide bonds. The lowest BCUT2D eigenvalue weighted by molar-refractivity contribution is -0.139. The summed E-state index contributed by atoms with van der Waals surface area (Å²) in [5.74, 6) is 2.27. The van der Waals surface area contributed by atoms with Gasteiger partial charge in [0.05, 0.1) is 31.1 Å². The molecule has 0 bridgehead atoms. The zero-order valence-electron chi connectivity index (χ0n) is 27.5. The van der Waals surface area contributed by atoms with Gasteiger partial charge < -0.3 is 25.3 Å². The minimum atomic E-state index is -0.267. The van der Waals surface area contributed by atoms with Crippen molar-refractivity contribution in [2.75, 3.05) is 57.9 Å². The number of hydrogen-bond donors (Lipinski definition) is 3. The fourth-order valence-electron chi connectivity index (χ4n) is 5.77. The van der Waals surface area contributed by atoms with Crippen LogP contribution in [0.1, 0.15) is 50.1 Å². The molecule has 1 saturated heterocycles. The van der Waals surface area contributed by atoms with Crippen LogP contribution in [0.3, 0.4) is 0 Å². The van der Waals surface area contributed by atoms with E-state index in [1.807, 2.05) is 54.3 Å². The molecule has 1 aliphatic heterocycles. The monoisotopic (exact) mass is 647 g/mol. The third-order valence-corrected chi connectivity index (χ3v) is 8.15. The van der Waals surface area contributed by atoms with E-state index in [-0.39, 0.29) is 18.3 Å². The number of rotatable bonds is 13. The number of hydrogen-bond acceptors (Lipinski definition) is 9. The summed E-state index contributed by atoms with van der Waals surface area (Å²) < 4.78 is 7.09. The predicted molar refractivity (Wildman–Crippen MR) is 189 cm³/mol. The van der Waals surface area contributed by atoms with Crippen LogP contribution < -0.4 is 11.1 Å². The van der Waals surface area contributed by atoms with Crippen LogP contribution in [0.5, 0.6) is 0 Å². The number of pyridine rings is 1. The number of para-hydroxylation sites is 1. The molecule has 10 nitrogen and oxygen atoms in total. The van der Waals surface area contributed by atoms with Crippen LogP contribution >= 0.6 is 12.6 Å². The number of aryl methyl sites for hydroxylation is 2. The molecular formula is C35H49N7O3S. The van der Waals surface area contributed by atoms with Crippen molar-refractivity contribution in [2.45, 2.75) is 59.0 Å². The number of ether oxygens (including phenoxy) is 1. The molecule has 248 valence electrons. The number of nitrogens with zero attached hydrogens (tertiary/aromatic N) is 5. The van der Waals surface area contributed by atoms with Crippen LogP contribution in [0.2, 0.25) is 0 Å². The normalized spacial score (nSPS) is 13.4. The van der Waals surface area contributed by atoms with Gasteiger partial charge in [-0.1, -0.05) is 62.7 Å². The van der Waals surface area contributed by atoms with Gasteiger partial charge in [-0.2, -0.15) is 12.6 Å². The molecule has 3 heterocycles. The number of unbranched alkanes of at least 4 members (excludes halogenated alkanes) is 1. The van der Waals surface area contributed by atoms with Crippen molar-refractivity contribution in [3.63, 3.8) is 0 Å².